The fourth-order valence-electron chi connectivity index (χ4n) is 2.63. The van der Waals surface area contributed by atoms with Crippen LogP contribution < -0.4 is 5.32 Å². The van der Waals surface area contributed by atoms with Gasteiger partial charge in [0.15, 0.2) is 5.78 Å². The summed E-state index contributed by atoms with van der Waals surface area (Å²) in [6, 6.07) is 9.61. The molecular formula is C16H16N2O2. The van der Waals surface area contributed by atoms with Gasteiger partial charge < -0.3 is 5.32 Å². The average Bonchev–Trinajstić information content (AvgIpc) is 2.38. The molecule has 0 saturated carbocycles. The summed E-state index contributed by atoms with van der Waals surface area (Å²) in [6.45, 7) is 5.13. The number of allylic oxidation sites excluding steroid dienone is 2. The summed E-state index contributed by atoms with van der Waals surface area (Å²) in [7, 11) is 0. The van der Waals surface area contributed by atoms with Crippen LogP contribution in [-0.2, 0) is 9.59 Å². The van der Waals surface area contributed by atoms with E-state index in [2.05, 4.69) is 5.32 Å². The first kappa shape index (κ1) is 14.0. The van der Waals surface area contributed by atoms with Crippen molar-refractivity contribution >= 4 is 11.7 Å². The fourth-order valence-corrected chi connectivity index (χ4v) is 2.63. The minimum Gasteiger partial charge on any atom is -0.328 e. The molecule has 0 bridgehead atoms. The van der Waals surface area contributed by atoms with E-state index in [9.17, 15) is 14.9 Å². The van der Waals surface area contributed by atoms with Crippen molar-refractivity contribution in [2.45, 2.75) is 26.7 Å². The largest absolute Gasteiger partial charge is 0.328 e. The van der Waals surface area contributed by atoms with Gasteiger partial charge in [-0.25, -0.2) is 0 Å². The Kier molecular flexibility index (Phi) is 3.71. The summed E-state index contributed by atoms with van der Waals surface area (Å²) in [5, 5.41) is 11.9. The Hall–Kier alpha value is -2.41. The van der Waals surface area contributed by atoms with Crippen LogP contribution in [0.4, 0.5) is 0 Å². The highest BCUT2D eigenvalue weighted by molar-refractivity contribution is 6.00. The monoisotopic (exact) mass is 268 g/mol. The molecule has 0 radical (unpaired) electrons. The maximum absolute atomic E-state index is 12.0. The predicted molar refractivity (Wildman–Crippen MR) is 74.5 cm³/mol. The lowest BCUT2D eigenvalue weighted by Crippen LogP contribution is -2.40. The lowest BCUT2D eigenvalue weighted by atomic mass is 9.76. The third kappa shape index (κ3) is 2.35. The number of aryl methyl sites for hydroxylation is 1. The molecule has 4 heteroatoms. The molecule has 2 atom stereocenters. The molecule has 1 amide bonds. The van der Waals surface area contributed by atoms with Gasteiger partial charge in [-0.2, -0.15) is 5.26 Å². The number of hydrogen-bond donors (Lipinski definition) is 1. The lowest BCUT2D eigenvalue weighted by Gasteiger charge is -2.30. The van der Waals surface area contributed by atoms with Crippen molar-refractivity contribution < 1.29 is 9.59 Å². The maximum atomic E-state index is 12.0. The molecule has 1 aliphatic heterocycles. The molecule has 0 unspecified atom stereocenters. The molecule has 1 heterocycles. The average molecular weight is 268 g/mol. The van der Waals surface area contributed by atoms with Crippen LogP contribution in [0.25, 0.3) is 0 Å². The number of nitriles is 1. The van der Waals surface area contributed by atoms with Gasteiger partial charge >= 0.3 is 0 Å². The molecule has 0 saturated heterocycles. The molecule has 0 fully saturated rings. The van der Waals surface area contributed by atoms with Crippen molar-refractivity contribution in [3.63, 3.8) is 0 Å². The second kappa shape index (κ2) is 5.30. The second-order valence-electron chi connectivity index (χ2n) is 5.08. The van der Waals surface area contributed by atoms with Gasteiger partial charge in [-0.1, -0.05) is 29.8 Å². The summed E-state index contributed by atoms with van der Waals surface area (Å²) in [5.74, 6) is -1.83. The van der Waals surface area contributed by atoms with E-state index in [4.69, 9.17) is 0 Å². The molecule has 2 rings (SSSR count). The van der Waals surface area contributed by atoms with Crippen LogP contribution >= 0.6 is 0 Å². The van der Waals surface area contributed by atoms with Crippen LogP contribution in [0, 0.1) is 24.2 Å². The quantitative estimate of drug-likeness (QED) is 0.894. The first-order valence-corrected chi connectivity index (χ1v) is 6.44. The van der Waals surface area contributed by atoms with Crippen LogP contribution in [0.3, 0.4) is 0 Å². The molecule has 1 aromatic carbocycles. The van der Waals surface area contributed by atoms with Gasteiger partial charge in [0.25, 0.3) is 0 Å². The first-order valence-electron chi connectivity index (χ1n) is 6.44. The summed E-state index contributed by atoms with van der Waals surface area (Å²) in [4.78, 5) is 23.9. The third-order valence-electron chi connectivity index (χ3n) is 3.60. The van der Waals surface area contributed by atoms with Crippen molar-refractivity contribution in [1.29, 1.82) is 5.26 Å². The van der Waals surface area contributed by atoms with Crippen molar-refractivity contribution in [2.75, 3.05) is 0 Å². The van der Waals surface area contributed by atoms with E-state index in [-0.39, 0.29) is 11.7 Å². The highest BCUT2D eigenvalue weighted by atomic mass is 16.2. The molecule has 20 heavy (non-hydrogen) atoms. The number of nitrogens with one attached hydrogen (secondary N) is 1. The minimum absolute atomic E-state index is 0.117. The number of hydrogen-bond acceptors (Lipinski definition) is 3. The van der Waals surface area contributed by atoms with E-state index in [0.717, 1.165) is 11.1 Å². The molecular weight excluding hydrogens is 252 g/mol. The summed E-state index contributed by atoms with van der Waals surface area (Å²) < 4.78 is 0. The van der Waals surface area contributed by atoms with E-state index in [1.165, 1.54) is 6.92 Å². The fraction of sp³-hybridized carbons (Fsp3) is 0.312. The van der Waals surface area contributed by atoms with Gasteiger partial charge in [-0.05, 0) is 26.3 Å². The van der Waals surface area contributed by atoms with Crippen LogP contribution in [0.1, 0.15) is 30.9 Å². The van der Waals surface area contributed by atoms with Gasteiger partial charge in [0.1, 0.15) is 5.92 Å². The topological polar surface area (TPSA) is 70.0 Å². The number of carbonyl (C=O) groups is 2. The molecule has 0 spiro atoms. The number of carbonyl (C=O) groups excluding carboxylic acids is 2. The van der Waals surface area contributed by atoms with E-state index < -0.39 is 11.8 Å². The lowest BCUT2D eigenvalue weighted by molar-refractivity contribution is -0.123. The van der Waals surface area contributed by atoms with E-state index in [1.54, 1.807) is 6.92 Å². The Morgan fingerprint density at radius 3 is 2.35 bits per heavy atom. The Labute approximate surface area is 118 Å². The van der Waals surface area contributed by atoms with Crippen molar-refractivity contribution in [2.24, 2.45) is 5.92 Å². The number of rotatable bonds is 2. The number of amides is 1. The zero-order chi connectivity index (χ0) is 14.9. The van der Waals surface area contributed by atoms with E-state index in [0.29, 0.717) is 11.3 Å². The highest BCUT2D eigenvalue weighted by Gasteiger charge is 2.39. The molecule has 1 aromatic rings. The molecule has 0 aliphatic carbocycles. The third-order valence-corrected chi connectivity index (χ3v) is 3.60. The van der Waals surface area contributed by atoms with Gasteiger partial charge in [0.05, 0.1) is 6.07 Å². The Balaban J connectivity index is 2.61. The number of ketones is 1. The van der Waals surface area contributed by atoms with Crippen molar-refractivity contribution in [3.8, 4) is 6.07 Å². The Morgan fingerprint density at radius 1 is 1.25 bits per heavy atom. The highest BCUT2D eigenvalue weighted by Crippen LogP contribution is 2.37. The second-order valence-corrected chi connectivity index (χ2v) is 5.08. The summed E-state index contributed by atoms with van der Waals surface area (Å²) in [6.07, 6.45) is 0. The van der Waals surface area contributed by atoms with Crippen LogP contribution in [0.2, 0.25) is 0 Å². The molecule has 0 aromatic heterocycles. The van der Waals surface area contributed by atoms with Gasteiger partial charge in [0.2, 0.25) is 5.91 Å². The van der Waals surface area contributed by atoms with Crippen molar-refractivity contribution in [1.82, 2.24) is 5.32 Å². The normalized spacial score (nSPS) is 22.2. The standard InChI is InChI=1S/C16H16N2O2/c1-9-4-6-12(7-5-9)15-13(8-17)16(20)18-10(2)14(15)11(3)19/h4-7,13,15H,1-3H3,(H,18,20)/t13-,15+/m1/s1. The van der Waals surface area contributed by atoms with E-state index in [1.807, 2.05) is 37.3 Å². The zero-order valence-electron chi connectivity index (χ0n) is 11.7. The Morgan fingerprint density at radius 2 is 1.85 bits per heavy atom. The van der Waals surface area contributed by atoms with Crippen LogP contribution in [-0.4, -0.2) is 11.7 Å². The zero-order valence-corrected chi connectivity index (χ0v) is 11.7. The van der Waals surface area contributed by atoms with Crippen LogP contribution in [0.15, 0.2) is 35.5 Å². The smallest absolute Gasteiger partial charge is 0.242 e. The predicted octanol–water partition coefficient (Wildman–Crippen LogP) is 2.21. The van der Waals surface area contributed by atoms with Crippen molar-refractivity contribution in [3.05, 3.63) is 46.7 Å². The molecule has 4 nitrogen and oxygen atoms in total. The summed E-state index contributed by atoms with van der Waals surface area (Å²) >= 11 is 0. The number of Topliss-reactive ketones (excluding diaryl/α,β-unsaturated/α-hetero) is 1. The van der Waals surface area contributed by atoms with Gasteiger partial charge in [-0.3, -0.25) is 9.59 Å². The van der Waals surface area contributed by atoms with Gasteiger partial charge in [0, 0.05) is 17.2 Å². The molecule has 1 aliphatic rings. The number of benzene rings is 1. The SMILES string of the molecule is CC(=O)C1=C(C)NC(=O)[C@H](C#N)[C@@H]1c1ccc(C)cc1. The van der Waals surface area contributed by atoms with Crippen LogP contribution in [0.5, 0.6) is 0 Å². The van der Waals surface area contributed by atoms with Gasteiger partial charge in [-0.15, -0.1) is 0 Å². The maximum Gasteiger partial charge on any atom is 0.242 e. The minimum atomic E-state index is -0.875. The first-order chi connectivity index (χ1) is 9.45. The summed E-state index contributed by atoms with van der Waals surface area (Å²) in [5.41, 5.74) is 2.97. The number of nitrogens with zero attached hydrogens (tertiary/aromatic N) is 1. The Bertz CT molecular complexity index is 635. The van der Waals surface area contributed by atoms with E-state index >= 15 is 0 Å². The molecule has 1 N–H and O–H groups in total. The molecule has 102 valence electrons.